The SMILES string of the molecule is CCOc1cc(/C=C(\C#N)C(=O)Nc2ccc(Cl)c(Cl)c2)cc(Cl)c1OS(=O)(=O)c1ccc(C)cc1. The van der Waals surface area contributed by atoms with E-state index >= 15 is 0 Å². The molecule has 1 amide bonds. The number of anilines is 1. The van der Waals surface area contributed by atoms with Gasteiger partial charge in [-0.05, 0) is 68.0 Å². The van der Waals surface area contributed by atoms with Crippen molar-refractivity contribution in [2.45, 2.75) is 18.7 Å². The zero-order chi connectivity index (χ0) is 26.5. The molecular weight excluding hydrogens is 547 g/mol. The Bertz CT molecular complexity index is 1480. The van der Waals surface area contributed by atoms with Crippen molar-refractivity contribution in [1.29, 1.82) is 5.26 Å². The van der Waals surface area contributed by atoms with Crippen molar-refractivity contribution in [3.63, 3.8) is 0 Å². The molecule has 0 atom stereocenters. The number of nitrogens with one attached hydrogen (secondary N) is 1. The van der Waals surface area contributed by atoms with Gasteiger partial charge in [-0.1, -0.05) is 52.5 Å². The Kier molecular flexibility index (Phi) is 8.88. The summed E-state index contributed by atoms with van der Waals surface area (Å²) in [5.41, 5.74) is 1.29. The number of ether oxygens (including phenoxy) is 1. The molecule has 0 bridgehead atoms. The van der Waals surface area contributed by atoms with Gasteiger partial charge in [0.15, 0.2) is 5.75 Å². The molecule has 0 spiro atoms. The molecule has 3 aromatic carbocycles. The van der Waals surface area contributed by atoms with Crippen LogP contribution in [0, 0.1) is 18.3 Å². The Morgan fingerprint density at radius 3 is 2.33 bits per heavy atom. The second kappa shape index (κ2) is 11.7. The normalized spacial score (nSPS) is 11.5. The number of nitriles is 1. The van der Waals surface area contributed by atoms with E-state index in [2.05, 4.69) is 5.32 Å². The summed E-state index contributed by atoms with van der Waals surface area (Å²) >= 11 is 18.2. The summed E-state index contributed by atoms with van der Waals surface area (Å²) in [6.45, 7) is 3.70. The van der Waals surface area contributed by atoms with E-state index in [0.29, 0.717) is 16.3 Å². The summed E-state index contributed by atoms with van der Waals surface area (Å²) in [4.78, 5) is 12.6. The molecule has 1 N–H and O–H groups in total. The molecule has 36 heavy (non-hydrogen) atoms. The van der Waals surface area contributed by atoms with Crippen LogP contribution in [0.2, 0.25) is 15.1 Å². The number of halogens is 3. The number of amides is 1. The number of rotatable bonds is 8. The second-order valence-electron chi connectivity index (χ2n) is 7.37. The second-order valence-corrected chi connectivity index (χ2v) is 10.1. The molecule has 3 aromatic rings. The maximum atomic E-state index is 12.8. The van der Waals surface area contributed by atoms with Crippen LogP contribution in [0.25, 0.3) is 6.08 Å². The molecule has 0 saturated carbocycles. The maximum Gasteiger partial charge on any atom is 0.339 e. The highest BCUT2D eigenvalue weighted by Gasteiger charge is 2.23. The molecule has 0 aliphatic carbocycles. The highest BCUT2D eigenvalue weighted by molar-refractivity contribution is 7.87. The Hall–Kier alpha value is -3.22. The summed E-state index contributed by atoms with van der Waals surface area (Å²) in [5.74, 6) is -0.892. The van der Waals surface area contributed by atoms with Crippen LogP contribution in [-0.4, -0.2) is 20.9 Å². The Labute approximate surface area is 223 Å². The van der Waals surface area contributed by atoms with Gasteiger partial charge >= 0.3 is 10.1 Å². The molecule has 0 aliphatic rings. The van der Waals surface area contributed by atoms with Gasteiger partial charge in [-0.25, -0.2) is 0 Å². The average molecular weight is 566 g/mol. The minimum absolute atomic E-state index is 0.0223. The van der Waals surface area contributed by atoms with Gasteiger partial charge in [0, 0.05) is 5.69 Å². The highest BCUT2D eigenvalue weighted by Crippen LogP contribution is 2.39. The molecule has 0 unspecified atom stereocenters. The lowest BCUT2D eigenvalue weighted by Gasteiger charge is -2.14. The first-order valence-corrected chi connectivity index (χ1v) is 12.9. The monoisotopic (exact) mass is 564 g/mol. The number of benzene rings is 3. The molecule has 0 fully saturated rings. The number of nitrogens with zero attached hydrogens (tertiary/aromatic N) is 1. The highest BCUT2D eigenvalue weighted by atomic mass is 35.5. The van der Waals surface area contributed by atoms with Gasteiger partial charge in [0.1, 0.15) is 16.5 Å². The predicted molar refractivity (Wildman–Crippen MR) is 140 cm³/mol. The van der Waals surface area contributed by atoms with Gasteiger partial charge < -0.3 is 14.2 Å². The predicted octanol–water partition coefficient (Wildman–Crippen LogP) is 6.67. The number of aryl methyl sites for hydroxylation is 1. The zero-order valence-corrected chi connectivity index (χ0v) is 22.1. The van der Waals surface area contributed by atoms with Crippen molar-refractivity contribution in [2.24, 2.45) is 0 Å². The minimum Gasteiger partial charge on any atom is -0.490 e. The fraction of sp³-hybridized carbons (Fsp3) is 0.120. The first-order chi connectivity index (χ1) is 17.0. The third-order valence-corrected chi connectivity index (χ3v) is 6.94. The number of carbonyl (C=O) groups is 1. The van der Waals surface area contributed by atoms with Gasteiger partial charge in [0.2, 0.25) is 5.75 Å². The Morgan fingerprint density at radius 1 is 1.03 bits per heavy atom. The third-order valence-electron chi connectivity index (χ3n) is 4.69. The maximum absolute atomic E-state index is 12.8. The van der Waals surface area contributed by atoms with Crippen LogP contribution in [0.1, 0.15) is 18.1 Å². The summed E-state index contributed by atoms with van der Waals surface area (Å²) < 4.78 is 36.4. The van der Waals surface area contributed by atoms with Crippen LogP contribution >= 0.6 is 34.8 Å². The van der Waals surface area contributed by atoms with Crippen LogP contribution in [0.3, 0.4) is 0 Å². The Balaban J connectivity index is 1.93. The van der Waals surface area contributed by atoms with Crippen molar-refractivity contribution in [2.75, 3.05) is 11.9 Å². The van der Waals surface area contributed by atoms with Gasteiger partial charge in [0.05, 0.1) is 21.7 Å². The zero-order valence-electron chi connectivity index (χ0n) is 19.0. The molecule has 186 valence electrons. The smallest absolute Gasteiger partial charge is 0.339 e. The molecule has 0 aliphatic heterocycles. The molecule has 3 rings (SSSR count). The first kappa shape index (κ1) is 27.4. The van der Waals surface area contributed by atoms with Gasteiger partial charge in [0.25, 0.3) is 5.91 Å². The Morgan fingerprint density at radius 2 is 1.72 bits per heavy atom. The van der Waals surface area contributed by atoms with E-state index in [4.69, 9.17) is 43.7 Å². The lowest BCUT2D eigenvalue weighted by atomic mass is 10.1. The third kappa shape index (κ3) is 6.71. The summed E-state index contributed by atoms with van der Waals surface area (Å²) in [7, 11) is -4.21. The minimum atomic E-state index is -4.21. The van der Waals surface area contributed by atoms with Crippen molar-refractivity contribution >= 4 is 62.6 Å². The van der Waals surface area contributed by atoms with Crippen LogP contribution < -0.4 is 14.2 Å². The standard InChI is InChI=1S/C25H19Cl3N2O5S/c1-3-34-23-12-16(10-17(14-29)25(31)30-18-6-9-20(26)21(27)13-18)11-22(28)24(23)35-36(32,33)19-7-4-15(2)5-8-19/h4-13H,3H2,1-2H3,(H,30,31)/b17-10+. The van der Waals surface area contributed by atoms with Crippen molar-refractivity contribution in [3.05, 3.63) is 86.4 Å². The molecule has 0 radical (unpaired) electrons. The van der Waals surface area contributed by atoms with E-state index in [-0.39, 0.29) is 38.6 Å². The van der Waals surface area contributed by atoms with Crippen LogP contribution in [0.15, 0.2) is 65.1 Å². The van der Waals surface area contributed by atoms with Crippen molar-refractivity contribution in [1.82, 2.24) is 0 Å². The first-order valence-electron chi connectivity index (χ1n) is 10.4. The van der Waals surface area contributed by atoms with Crippen LogP contribution in [-0.2, 0) is 14.9 Å². The van der Waals surface area contributed by atoms with E-state index in [1.54, 1.807) is 19.1 Å². The fourth-order valence-corrected chi connectivity index (χ4v) is 4.52. The molecule has 7 nitrogen and oxygen atoms in total. The van der Waals surface area contributed by atoms with Crippen molar-refractivity contribution < 1.29 is 22.1 Å². The van der Waals surface area contributed by atoms with Crippen LogP contribution in [0.5, 0.6) is 11.5 Å². The number of carbonyl (C=O) groups excluding carboxylic acids is 1. The quantitative estimate of drug-likeness (QED) is 0.186. The topological polar surface area (TPSA) is 105 Å². The van der Waals surface area contributed by atoms with E-state index in [9.17, 15) is 18.5 Å². The average Bonchev–Trinajstić information content (AvgIpc) is 2.82. The van der Waals surface area contributed by atoms with Gasteiger partial charge in [-0.15, -0.1) is 0 Å². The van der Waals surface area contributed by atoms with Crippen LogP contribution in [0.4, 0.5) is 5.69 Å². The largest absolute Gasteiger partial charge is 0.490 e. The van der Waals surface area contributed by atoms with E-state index in [0.717, 1.165) is 5.56 Å². The number of hydrogen-bond donors (Lipinski definition) is 1. The molecule has 0 saturated heterocycles. The fourth-order valence-electron chi connectivity index (χ4n) is 2.97. The lowest BCUT2D eigenvalue weighted by Crippen LogP contribution is -2.13. The summed E-state index contributed by atoms with van der Waals surface area (Å²) in [6.07, 6.45) is 1.28. The van der Waals surface area contributed by atoms with Gasteiger partial charge in [-0.2, -0.15) is 13.7 Å². The molecule has 0 heterocycles. The summed E-state index contributed by atoms with van der Waals surface area (Å²) in [6, 6.07) is 15.2. The lowest BCUT2D eigenvalue weighted by molar-refractivity contribution is -0.112. The van der Waals surface area contributed by atoms with E-state index in [1.165, 1.54) is 48.5 Å². The van der Waals surface area contributed by atoms with E-state index < -0.39 is 16.0 Å². The number of hydrogen-bond acceptors (Lipinski definition) is 6. The molecular formula is C25H19Cl3N2O5S. The molecule has 11 heteroatoms. The van der Waals surface area contributed by atoms with Crippen molar-refractivity contribution in [3.8, 4) is 17.6 Å². The summed E-state index contributed by atoms with van der Waals surface area (Å²) in [5, 5.41) is 12.6. The molecule has 0 aromatic heterocycles. The van der Waals surface area contributed by atoms with E-state index in [1.807, 2.05) is 13.0 Å². The van der Waals surface area contributed by atoms with Gasteiger partial charge in [-0.3, -0.25) is 4.79 Å².